The van der Waals surface area contributed by atoms with Gasteiger partial charge in [-0.2, -0.15) is 4.57 Å². The van der Waals surface area contributed by atoms with Crippen molar-refractivity contribution in [1.82, 2.24) is 4.98 Å². The summed E-state index contributed by atoms with van der Waals surface area (Å²) in [7, 11) is 0. The molecule has 0 aliphatic rings. The maximum Gasteiger partial charge on any atom is 0.187 e. The Morgan fingerprint density at radius 3 is 2.61 bits per heavy atom. The van der Waals surface area contributed by atoms with Gasteiger partial charge in [0.2, 0.25) is 0 Å². The van der Waals surface area contributed by atoms with Crippen LogP contribution in [0.3, 0.4) is 0 Å². The van der Waals surface area contributed by atoms with Crippen LogP contribution in [0.4, 0.5) is 0 Å². The standard InChI is InChI=1S/C15H19N2O/c1-13(2)14-5-3-4-6-15(14)18-12-11-17-9-7-16-8-10-17/h3-10,13H,11-12H2,1-2H3/q+1. The summed E-state index contributed by atoms with van der Waals surface area (Å²) in [5, 5.41) is 0. The molecule has 0 unspecified atom stereocenters. The van der Waals surface area contributed by atoms with Crippen molar-refractivity contribution in [3.8, 4) is 5.75 Å². The van der Waals surface area contributed by atoms with Crippen LogP contribution in [0, 0.1) is 0 Å². The highest BCUT2D eigenvalue weighted by Crippen LogP contribution is 2.25. The van der Waals surface area contributed by atoms with Crippen molar-refractivity contribution >= 4 is 0 Å². The quantitative estimate of drug-likeness (QED) is 0.754. The zero-order valence-electron chi connectivity index (χ0n) is 10.9. The van der Waals surface area contributed by atoms with Gasteiger partial charge in [0, 0.05) is 0 Å². The predicted octanol–water partition coefficient (Wildman–Crippen LogP) is 2.57. The molecule has 0 radical (unpaired) electrons. The second kappa shape index (κ2) is 6.15. The first-order chi connectivity index (χ1) is 8.77. The Morgan fingerprint density at radius 2 is 1.89 bits per heavy atom. The van der Waals surface area contributed by atoms with E-state index in [9.17, 15) is 0 Å². The number of rotatable bonds is 5. The van der Waals surface area contributed by atoms with E-state index in [2.05, 4.69) is 35.5 Å². The minimum absolute atomic E-state index is 0.481. The van der Waals surface area contributed by atoms with Crippen molar-refractivity contribution in [2.24, 2.45) is 0 Å². The first kappa shape index (κ1) is 12.6. The molecule has 0 saturated heterocycles. The summed E-state index contributed by atoms with van der Waals surface area (Å²) in [4.78, 5) is 3.99. The van der Waals surface area contributed by atoms with Crippen LogP contribution >= 0.6 is 0 Å². The molecule has 0 N–H and O–H groups in total. The third-order valence-electron chi connectivity index (χ3n) is 2.84. The van der Waals surface area contributed by atoms with Crippen molar-refractivity contribution in [2.45, 2.75) is 26.3 Å². The molecule has 0 amide bonds. The Kier molecular flexibility index (Phi) is 4.29. The molecular formula is C15H19N2O+. The van der Waals surface area contributed by atoms with Crippen LogP contribution in [0.15, 0.2) is 49.1 Å². The van der Waals surface area contributed by atoms with E-state index >= 15 is 0 Å². The average molecular weight is 243 g/mol. The monoisotopic (exact) mass is 243 g/mol. The van der Waals surface area contributed by atoms with Crippen LogP contribution in [-0.4, -0.2) is 11.6 Å². The van der Waals surface area contributed by atoms with Crippen molar-refractivity contribution < 1.29 is 9.30 Å². The Bertz CT molecular complexity index is 483. The second-order valence-electron chi connectivity index (χ2n) is 4.52. The van der Waals surface area contributed by atoms with Gasteiger partial charge in [-0.3, -0.25) is 4.98 Å². The molecule has 3 nitrogen and oxygen atoms in total. The minimum Gasteiger partial charge on any atom is -0.487 e. The SMILES string of the molecule is CC(C)c1ccccc1OCC[n+]1ccncc1. The topological polar surface area (TPSA) is 26.0 Å². The van der Waals surface area contributed by atoms with Crippen LogP contribution in [0.1, 0.15) is 25.3 Å². The molecule has 2 rings (SSSR count). The van der Waals surface area contributed by atoms with E-state index < -0.39 is 0 Å². The molecular weight excluding hydrogens is 224 g/mol. The zero-order chi connectivity index (χ0) is 12.8. The smallest absolute Gasteiger partial charge is 0.187 e. The molecule has 1 aromatic heterocycles. The predicted molar refractivity (Wildman–Crippen MR) is 70.5 cm³/mol. The van der Waals surface area contributed by atoms with Gasteiger partial charge in [0.1, 0.15) is 12.4 Å². The Morgan fingerprint density at radius 1 is 1.17 bits per heavy atom. The summed E-state index contributed by atoms with van der Waals surface area (Å²) in [5.41, 5.74) is 1.26. The summed E-state index contributed by atoms with van der Waals surface area (Å²) in [6, 6.07) is 8.23. The van der Waals surface area contributed by atoms with Crippen molar-refractivity contribution in [2.75, 3.05) is 6.61 Å². The van der Waals surface area contributed by atoms with E-state index in [1.165, 1.54) is 5.56 Å². The van der Waals surface area contributed by atoms with Gasteiger partial charge in [0.25, 0.3) is 0 Å². The molecule has 18 heavy (non-hydrogen) atoms. The number of aromatic nitrogens is 2. The molecule has 1 aromatic carbocycles. The van der Waals surface area contributed by atoms with Gasteiger partial charge in [-0.05, 0) is 17.5 Å². The Labute approximate surface area is 108 Å². The fourth-order valence-electron chi connectivity index (χ4n) is 1.85. The lowest BCUT2D eigenvalue weighted by molar-refractivity contribution is -0.698. The van der Waals surface area contributed by atoms with Gasteiger partial charge >= 0.3 is 0 Å². The van der Waals surface area contributed by atoms with Crippen LogP contribution in [-0.2, 0) is 6.54 Å². The molecule has 0 spiro atoms. The van der Waals surface area contributed by atoms with Crippen molar-refractivity contribution in [1.29, 1.82) is 0 Å². The summed E-state index contributed by atoms with van der Waals surface area (Å²) in [5.74, 6) is 1.47. The van der Waals surface area contributed by atoms with E-state index in [1.807, 2.05) is 24.5 Å². The molecule has 3 heteroatoms. The number of ether oxygens (including phenoxy) is 1. The molecule has 1 heterocycles. The van der Waals surface area contributed by atoms with E-state index in [-0.39, 0.29) is 0 Å². The zero-order valence-corrected chi connectivity index (χ0v) is 10.9. The van der Waals surface area contributed by atoms with Crippen LogP contribution in [0.5, 0.6) is 5.75 Å². The fourth-order valence-corrected chi connectivity index (χ4v) is 1.85. The molecule has 2 aromatic rings. The van der Waals surface area contributed by atoms with Gasteiger partial charge in [-0.15, -0.1) is 0 Å². The summed E-state index contributed by atoms with van der Waals surface area (Å²) in [6.07, 6.45) is 7.44. The highest BCUT2D eigenvalue weighted by molar-refractivity contribution is 5.35. The highest BCUT2D eigenvalue weighted by Gasteiger charge is 2.07. The number of hydrogen-bond acceptors (Lipinski definition) is 2. The van der Waals surface area contributed by atoms with Crippen molar-refractivity contribution in [3.05, 3.63) is 54.6 Å². The Balaban J connectivity index is 1.94. The van der Waals surface area contributed by atoms with Gasteiger partial charge in [0.05, 0.1) is 12.4 Å². The molecule has 0 fully saturated rings. The third kappa shape index (κ3) is 3.29. The van der Waals surface area contributed by atoms with Gasteiger partial charge in [-0.1, -0.05) is 32.0 Å². The van der Waals surface area contributed by atoms with E-state index in [1.54, 1.807) is 12.4 Å². The summed E-state index contributed by atoms with van der Waals surface area (Å²) < 4.78 is 7.92. The first-order valence-electron chi connectivity index (χ1n) is 6.28. The highest BCUT2D eigenvalue weighted by atomic mass is 16.5. The maximum absolute atomic E-state index is 5.86. The van der Waals surface area contributed by atoms with Crippen LogP contribution < -0.4 is 9.30 Å². The molecule has 94 valence electrons. The first-order valence-corrected chi connectivity index (χ1v) is 6.28. The Hall–Kier alpha value is -1.90. The maximum atomic E-state index is 5.86. The summed E-state index contributed by atoms with van der Waals surface area (Å²) >= 11 is 0. The van der Waals surface area contributed by atoms with E-state index in [4.69, 9.17) is 4.74 Å². The number of hydrogen-bond donors (Lipinski definition) is 0. The van der Waals surface area contributed by atoms with E-state index in [0.717, 1.165) is 12.3 Å². The fraction of sp³-hybridized carbons (Fsp3) is 0.333. The third-order valence-corrected chi connectivity index (χ3v) is 2.84. The second-order valence-corrected chi connectivity index (χ2v) is 4.52. The number of nitrogens with zero attached hydrogens (tertiary/aromatic N) is 2. The van der Waals surface area contributed by atoms with Crippen LogP contribution in [0.25, 0.3) is 0 Å². The lowest BCUT2D eigenvalue weighted by Gasteiger charge is -2.12. The lowest BCUT2D eigenvalue weighted by atomic mass is 10.0. The van der Waals surface area contributed by atoms with Gasteiger partial charge in [0.15, 0.2) is 18.9 Å². The normalized spacial score (nSPS) is 10.6. The molecule has 0 aliphatic carbocycles. The number of para-hydroxylation sites is 1. The van der Waals surface area contributed by atoms with Crippen molar-refractivity contribution in [3.63, 3.8) is 0 Å². The molecule has 0 aliphatic heterocycles. The number of benzene rings is 1. The average Bonchev–Trinajstić information content (AvgIpc) is 2.40. The lowest BCUT2D eigenvalue weighted by Crippen LogP contribution is -2.35. The summed E-state index contributed by atoms with van der Waals surface area (Å²) in [6.45, 7) is 5.85. The van der Waals surface area contributed by atoms with E-state index in [0.29, 0.717) is 12.5 Å². The molecule has 0 saturated carbocycles. The minimum atomic E-state index is 0.481. The largest absolute Gasteiger partial charge is 0.487 e. The molecule has 0 bridgehead atoms. The van der Waals surface area contributed by atoms with Crippen LogP contribution in [0.2, 0.25) is 0 Å². The van der Waals surface area contributed by atoms with Gasteiger partial charge in [-0.25, -0.2) is 0 Å². The van der Waals surface area contributed by atoms with Gasteiger partial charge < -0.3 is 4.74 Å². The molecule has 0 atom stereocenters.